The Hall–Kier alpha value is -3.01. The molecule has 3 amide bonds. The fraction of sp³-hybridized carbons (Fsp3) is 0.421. The number of fused-ring (bicyclic) bond motifs is 1. The van der Waals surface area contributed by atoms with E-state index in [4.69, 9.17) is 5.26 Å². The summed E-state index contributed by atoms with van der Waals surface area (Å²) in [6.45, 7) is 1.72. The zero-order valence-corrected chi connectivity index (χ0v) is 14.6. The molecule has 1 saturated heterocycles. The van der Waals surface area contributed by atoms with Gasteiger partial charge in [-0.1, -0.05) is 25.0 Å². The third-order valence-corrected chi connectivity index (χ3v) is 4.97. The van der Waals surface area contributed by atoms with Crippen molar-refractivity contribution in [2.45, 2.75) is 39.0 Å². The van der Waals surface area contributed by atoms with Gasteiger partial charge in [-0.15, -0.1) is 0 Å². The number of imide groups is 1. The van der Waals surface area contributed by atoms with E-state index in [1.54, 1.807) is 37.3 Å². The van der Waals surface area contributed by atoms with Gasteiger partial charge < -0.3 is 0 Å². The van der Waals surface area contributed by atoms with Crippen molar-refractivity contribution in [1.82, 2.24) is 5.43 Å². The van der Waals surface area contributed by atoms with Crippen LogP contribution in [-0.2, 0) is 14.4 Å². The smallest absolute Gasteiger partial charge is 0.254 e. The molecule has 0 unspecified atom stereocenters. The maximum atomic E-state index is 12.6. The third kappa shape index (κ3) is 3.36. The summed E-state index contributed by atoms with van der Waals surface area (Å²) in [5.74, 6) is -1.01. The number of rotatable bonds is 4. The zero-order valence-electron chi connectivity index (χ0n) is 14.6. The molecule has 1 heterocycles. The quantitative estimate of drug-likeness (QED) is 0.509. The predicted octanol–water partition coefficient (Wildman–Crippen LogP) is 2.12. The molecule has 2 fully saturated rings. The first-order valence-electron chi connectivity index (χ1n) is 8.71. The summed E-state index contributed by atoms with van der Waals surface area (Å²) in [5, 5.41) is 12.4. The second-order valence-corrected chi connectivity index (χ2v) is 6.62. The number of carbonyl (C=O) groups is 3. The number of carbonyl (C=O) groups excluding carboxylic acids is 3. The molecule has 2 aliphatic rings. The molecule has 1 aromatic rings. The van der Waals surface area contributed by atoms with Crippen LogP contribution in [-0.4, -0.2) is 23.4 Å². The Morgan fingerprint density at radius 2 is 1.77 bits per heavy atom. The highest BCUT2D eigenvalue weighted by Gasteiger charge is 2.48. The number of nitriles is 1. The number of hydrogen-bond donors (Lipinski definition) is 1. The summed E-state index contributed by atoms with van der Waals surface area (Å²) >= 11 is 0. The van der Waals surface area contributed by atoms with E-state index in [0.29, 0.717) is 11.4 Å². The molecule has 2 atom stereocenters. The molecule has 1 N–H and O–H groups in total. The number of nitrogens with one attached hydrogen (secondary N) is 1. The highest BCUT2D eigenvalue weighted by Crippen LogP contribution is 2.40. The standard InChI is InChI=1S/C19H20N4O3/c1-12(21-22-17(24)10-11-20)13-6-8-14(9-7-13)23-18(25)15-4-2-3-5-16(15)19(23)26/h6-9,15-16H,2-5,10H2,1H3,(H,22,24)/b21-12-/t15-,16-/m0/s1. The van der Waals surface area contributed by atoms with Crippen molar-refractivity contribution < 1.29 is 14.4 Å². The van der Waals surface area contributed by atoms with Crippen LogP contribution in [0.1, 0.15) is 44.6 Å². The van der Waals surface area contributed by atoms with Crippen molar-refractivity contribution in [3.05, 3.63) is 29.8 Å². The number of hydrogen-bond acceptors (Lipinski definition) is 5. The SMILES string of the molecule is C/C(=N/NC(=O)CC#N)c1ccc(N2C(=O)[C@H]3CCCC[C@@H]3C2=O)cc1. The lowest BCUT2D eigenvalue weighted by molar-refractivity contribution is -0.123. The Morgan fingerprint density at radius 1 is 1.19 bits per heavy atom. The molecule has 0 spiro atoms. The summed E-state index contributed by atoms with van der Waals surface area (Å²) in [4.78, 5) is 37.8. The van der Waals surface area contributed by atoms with E-state index in [0.717, 1.165) is 31.2 Å². The van der Waals surface area contributed by atoms with Crippen molar-refractivity contribution in [3.8, 4) is 6.07 Å². The van der Waals surface area contributed by atoms with E-state index >= 15 is 0 Å². The number of hydrazone groups is 1. The van der Waals surface area contributed by atoms with Gasteiger partial charge in [-0.25, -0.2) is 5.43 Å². The van der Waals surface area contributed by atoms with Crippen molar-refractivity contribution in [1.29, 1.82) is 5.26 Å². The van der Waals surface area contributed by atoms with Gasteiger partial charge in [0.2, 0.25) is 11.8 Å². The Bertz CT molecular complexity index is 783. The molecule has 1 aliphatic heterocycles. The van der Waals surface area contributed by atoms with Crippen molar-refractivity contribution in [2.75, 3.05) is 4.90 Å². The van der Waals surface area contributed by atoms with Gasteiger partial charge in [0.1, 0.15) is 6.42 Å². The van der Waals surface area contributed by atoms with Crippen LogP contribution in [0.3, 0.4) is 0 Å². The molecule has 3 rings (SSSR count). The molecule has 7 nitrogen and oxygen atoms in total. The van der Waals surface area contributed by atoms with E-state index in [-0.39, 0.29) is 30.1 Å². The number of benzene rings is 1. The normalized spacial score (nSPS) is 22.8. The highest BCUT2D eigenvalue weighted by molar-refractivity contribution is 6.22. The van der Waals surface area contributed by atoms with E-state index in [1.807, 2.05) is 0 Å². The van der Waals surface area contributed by atoms with Crippen molar-refractivity contribution >= 4 is 29.1 Å². The van der Waals surface area contributed by atoms with Crippen LogP contribution in [0.25, 0.3) is 0 Å². The minimum absolute atomic E-state index is 0.0957. The van der Waals surface area contributed by atoms with Crippen molar-refractivity contribution in [2.24, 2.45) is 16.9 Å². The fourth-order valence-corrected chi connectivity index (χ4v) is 3.59. The Morgan fingerprint density at radius 3 is 2.31 bits per heavy atom. The van der Waals surface area contributed by atoms with Gasteiger partial charge in [0.25, 0.3) is 5.91 Å². The molecule has 26 heavy (non-hydrogen) atoms. The fourth-order valence-electron chi connectivity index (χ4n) is 3.59. The highest BCUT2D eigenvalue weighted by atomic mass is 16.2. The second-order valence-electron chi connectivity index (χ2n) is 6.62. The lowest BCUT2D eigenvalue weighted by atomic mass is 9.81. The molecule has 1 aliphatic carbocycles. The minimum atomic E-state index is -0.473. The average Bonchev–Trinajstić information content (AvgIpc) is 2.91. The summed E-state index contributed by atoms with van der Waals surface area (Å²) in [7, 11) is 0. The first-order chi connectivity index (χ1) is 12.5. The van der Waals surface area contributed by atoms with Crippen LogP contribution in [0, 0.1) is 23.2 Å². The summed E-state index contributed by atoms with van der Waals surface area (Å²) in [6.07, 6.45) is 3.33. The van der Waals surface area contributed by atoms with Gasteiger partial charge in [0.15, 0.2) is 0 Å². The van der Waals surface area contributed by atoms with Crippen LogP contribution in [0.15, 0.2) is 29.4 Å². The maximum Gasteiger partial charge on any atom is 0.254 e. The molecular weight excluding hydrogens is 332 g/mol. The first kappa shape index (κ1) is 17.8. The lowest BCUT2D eigenvalue weighted by Gasteiger charge is -2.19. The molecule has 7 heteroatoms. The topological polar surface area (TPSA) is 103 Å². The minimum Gasteiger partial charge on any atom is -0.274 e. The monoisotopic (exact) mass is 352 g/mol. The Kier molecular flexibility index (Phi) is 5.12. The Balaban J connectivity index is 1.74. The first-order valence-corrected chi connectivity index (χ1v) is 8.71. The molecule has 1 aromatic carbocycles. The molecule has 0 aromatic heterocycles. The predicted molar refractivity (Wildman–Crippen MR) is 95.0 cm³/mol. The molecule has 0 radical (unpaired) electrons. The van der Waals surface area contributed by atoms with Crippen LogP contribution in [0.4, 0.5) is 5.69 Å². The van der Waals surface area contributed by atoms with Gasteiger partial charge in [0, 0.05) is 0 Å². The largest absolute Gasteiger partial charge is 0.274 e. The Labute approximate surface area is 151 Å². The van der Waals surface area contributed by atoms with E-state index < -0.39 is 5.91 Å². The number of amides is 3. The zero-order chi connectivity index (χ0) is 18.7. The number of anilines is 1. The second kappa shape index (κ2) is 7.48. The van der Waals surface area contributed by atoms with E-state index in [9.17, 15) is 14.4 Å². The van der Waals surface area contributed by atoms with Gasteiger partial charge in [-0.05, 0) is 37.5 Å². The van der Waals surface area contributed by atoms with Crippen LogP contribution in [0.2, 0.25) is 0 Å². The van der Waals surface area contributed by atoms with Gasteiger partial charge >= 0.3 is 0 Å². The maximum absolute atomic E-state index is 12.6. The average molecular weight is 352 g/mol. The summed E-state index contributed by atoms with van der Waals surface area (Å²) in [6, 6.07) is 8.70. The number of nitrogens with zero attached hydrogens (tertiary/aromatic N) is 3. The lowest BCUT2D eigenvalue weighted by Crippen LogP contribution is -2.30. The van der Waals surface area contributed by atoms with E-state index in [1.165, 1.54) is 4.90 Å². The molecule has 1 saturated carbocycles. The van der Waals surface area contributed by atoms with Gasteiger partial charge in [0.05, 0.1) is 29.3 Å². The van der Waals surface area contributed by atoms with Crippen LogP contribution >= 0.6 is 0 Å². The van der Waals surface area contributed by atoms with Gasteiger partial charge in [-0.3, -0.25) is 19.3 Å². The molecule has 134 valence electrons. The molecular formula is C19H20N4O3. The van der Waals surface area contributed by atoms with Crippen LogP contribution < -0.4 is 10.3 Å². The van der Waals surface area contributed by atoms with Gasteiger partial charge in [-0.2, -0.15) is 10.4 Å². The third-order valence-electron chi connectivity index (χ3n) is 4.97. The van der Waals surface area contributed by atoms with Crippen molar-refractivity contribution in [3.63, 3.8) is 0 Å². The molecule has 0 bridgehead atoms. The van der Waals surface area contributed by atoms with Crippen LogP contribution in [0.5, 0.6) is 0 Å². The summed E-state index contributed by atoms with van der Waals surface area (Å²) < 4.78 is 0. The van der Waals surface area contributed by atoms with E-state index in [2.05, 4.69) is 10.5 Å². The summed E-state index contributed by atoms with van der Waals surface area (Å²) in [5.41, 5.74) is 4.19.